The average Bonchev–Trinajstić information content (AvgIpc) is 2.93. The summed E-state index contributed by atoms with van der Waals surface area (Å²) in [7, 11) is 0. The Morgan fingerprint density at radius 2 is 0.667 bits per heavy atom. The molecule has 4 nitrogen and oxygen atoms in total. The Morgan fingerprint density at radius 3 is 0.944 bits per heavy atom. The third-order valence-corrected chi connectivity index (χ3v) is 6.21. The van der Waals surface area contributed by atoms with Gasteiger partial charge in [-0.15, -0.1) is 0 Å². The quantitative estimate of drug-likeness (QED) is 0.266. The van der Waals surface area contributed by atoms with Crippen LogP contribution in [0.5, 0.6) is 0 Å². The van der Waals surface area contributed by atoms with Crippen molar-refractivity contribution in [1.82, 2.24) is 0 Å². The van der Waals surface area contributed by atoms with E-state index in [0.29, 0.717) is 0 Å². The van der Waals surface area contributed by atoms with Crippen LogP contribution in [0.2, 0.25) is 0 Å². The van der Waals surface area contributed by atoms with E-state index in [1.807, 2.05) is 84.9 Å². The largest absolute Gasteiger partial charge is 0.478 e. The third-order valence-electron chi connectivity index (χ3n) is 6.21. The van der Waals surface area contributed by atoms with Crippen LogP contribution in [0.25, 0.3) is 44.5 Å². The number of rotatable bonds is 6. The van der Waals surface area contributed by atoms with E-state index in [1.54, 1.807) is 24.3 Å². The minimum Gasteiger partial charge on any atom is -0.478 e. The lowest BCUT2D eigenvalue weighted by molar-refractivity contribution is 0.0686. The van der Waals surface area contributed by atoms with E-state index < -0.39 is 11.9 Å². The van der Waals surface area contributed by atoms with Crippen molar-refractivity contribution in [3.63, 3.8) is 0 Å². The van der Waals surface area contributed by atoms with Crippen molar-refractivity contribution in [2.75, 3.05) is 0 Å². The van der Waals surface area contributed by atoms with Crippen LogP contribution in [-0.2, 0) is 0 Å². The van der Waals surface area contributed by atoms with Gasteiger partial charge in [0.1, 0.15) is 0 Å². The summed E-state index contributed by atoms with van der Waals surface area (Å²) in [4.78, 5) is 22.8. The second-order valence-corrected chi connectivity index (χ2v) is 8.44. The number of carboxylic acids is 2. The maximum absolute atomic E-state index is 11.4. The van der Waals surface area contributed by atoms with Crippen LogP contribution in [0, 0.1) is 0 Å². The molecule has 0 saturated heterocycles. The standard InChI is InChI=1S/C32H22O4/c33-31(34)25-15-11-23(12-16-25)29-20-28(22-9-5-2-6-10-22)30(19-27(29)21-7-3-1-4-8-21)24-13-17-26(18-14-24)32(35)36/h1-20H,(H,33,34)(H,35,36). The second-order valence-electron chi connectivity index (χ2n) is 8.44. The molecule has 2 N–H and O–H groups in total. The van der Waals surface area contributed by atoms with Gasteiger partial charge in [0.25, 0.3) is 0 Å². The summed E-state index contributed by atoms with van der Waals surface area (Å²) in [6, 6.07) is 38.1. The molecular weight excluding hydrogens is 448 g/mol. The van der Waals surface area contributed by atoms with Crippen molar-refractivity contribution in [3.05, 3.63) is 132 Å². The lowest BCUT2D eigenvalue weighted by atomic mass is 9.85. The predicted octanol–water partition coefficient (Wildman–Crippen LogP) is 7.75. The van der Waals surface area contributed by atoms with Crippen LogP contribution in [0.4, 0.5) is 0 Å². The van der Waals surface area contributed by atoms with Gasteiger partial charge in [-0.3, -0.25) is 0 Å². The molecule has 174 valence electrons. The molecule has 0 heterocycles. The van der Waals surface area contributed by atoms with Crippen molar-refractivity contribution in [1.29, 1.82) is 0 Å². The molecule has 0 spiro atoms. The summed E-state index contributed by atoms with van der Waals surface area (Å²) in [5, 5.41) is 18.7. The van der Waals surface area contributed by atoms with Crippen molar-refractivity contribution < 1.29 is 19.8 Å². The first-order valence-electron chi connectivity index (χ1n) is 11.5. The zero-order valence-corrected chi connectivity index (χ0v) is 19.3. The fourth-order valence-electron chi connectivity index (χ4n) is 4.38. The maximum atomic E-state index is 11.4. The Labute approximate surface area is 208 Å². The zero-order chi connectivity index (χ0) is 25.1. The molecule has 0 fully saturated rings. The SMILES string of the molecule is O=C(O)c1ccc(-c2cc(-c3ccccc3)c(-c3ccc(C(=O)O)cc3)cc2-c2ccccc2)cc1. The van der Waals surface area contributed by atoms with E-state index in [1.165, 1.54) is 0 Å². The number of benzene rings is 5. The Morgan fingerprint density at radius 1 is 0.389 bits per heavy atom. The van der Waals surface area contributed by atoms with Crippen LogP contribution in [-0.4, -0.2) is 22.2 Å². The molecule has 4 heteroatoms. The number of carboxylic acid groups (broad SMARTS) is 2. The van der Waals surface area contributed by atoms with Crippen LogP contribution in [0.3, 0.4) is 0 Å². The number of hydrogen-bond acceptors (Lipinski definition) is 2. The highest BCUT2D eigenvalue weighted by Gasteiger charge is 2.17. The normalized spacial score (nSPS) is 10.7. The summed E-state index contributed by atoms with van der Waals surface area (Å²) in [5.41, 5.74) is 8.28. The topological polar surface area (TPSA) is 74.6 Å². The minimum atomic E-state index is -0.963. The van der Waals surface area contributed by atoms with Crippen LogP contribution < -0.4 is 0 Å². The first-order valence-corrected chi connectivity index (χ1v) is 11.5. The van der Waals surface area contributed by atoms with Gasteiger partial charge >= 0.3 is 11.9 Å². The highest BCUT2D eigenvalue weighted by Crippen LogP contribution is 2.42. The molecule has 0 amide bonds. The van der Waals surface area contributed by atoms with Gasteiger partial charge in [-0.2, -0.15) is 0 Å². The molecule has 0 saturated carbocycles. The van der Waals surface area contributed by atoms with Crippen molar-refractivity contribution in [3.8, 4) is 44.5 Å². The summed E-state index contributed by atoms with van der Waals surface area (Å²) < 4.78 is 0. The molecule has 0 radical (unpaired) electrons. The van der Waals surface area contributed by atoms with Gasteiger partial charge in [0.15, 0.2) is 0 Å². The van der Waals surface area contributed by atoms with Gasteiger partial charge in [0, 0.05) is 0 Å². The van der Waals surface area contributed by atoms with E-state index >= 15 is 0 Å². The summed E-state index contributed by atoms with van der Waals surface area (Å²) in [6.45, 7) is 0. The van der Waals surface area contributed by atoms with Crippen molar-refractivity contribution in [2.45, 2.75) is 0 Å². The van der Waals surface area contributed by atoms with Crippen LogP contribution in [0.1, 0.15) is 20.7 Å². The fraction of sp³-hybridized carbons (Fsp3) is 0. The van der Waals surface area contributed by atoms with Crippen molar-refractivity contribution >= 4 is 11.9 Å². The number of carbonyl (C=O) groups is 2. The van der Waals surface area contributed by atoms with Crippen LogP contribution in [0.15, 0.2) is 121 Å². The first kappa shape index (κ1) is 22.8. The molecule has 5 aromatic carbocycles. The molecule has 0 aliphatic rings. The molecule has 0 aliphatic carbocycles. The van der Waals surface area contributed by atoms with Gasteiger partial charge in [0.05, 0.1) is 11.1 Å². The molecular formula is C32H22O4. The second kappa shape index (κ2) is 9.72. The van der Waals surface area contributed by atoms with Gasteiger partial charge in [-0.05, 0) is 80.9 Å². The van der Waals surface area contributed by atoms with Crippen LogP contribution >= 0.6 is 0 Å². The summed E-state index contributed by atoms with van der Waals surface area (Å²) in [5.74, 6) is -1.93. The van der Waals surface area contributed by atoms with Crippen molar-refractivity contribution in [2.24, 2.45) is 0 Å². The monoisotopic (exact) mass is 470 g/mol. The van der Waals surface area contributed by atoms with E-state index in [9.17, 15) is 19.8 Å². The first-order chi connectivity index (χ1) is 17.5. The summed E-state index contributed by atoms with van der Waals surface area (Å²) in [6.07, 6.45) is 0. The van der Waals surface area contributed by atoms with E-state index in [2.05, 4.69) is 12.1 Å². The lowest BCUT2D eigenvalue weighted by Gasteiger charge is -2.18. The molecule has 36 heavy (non-hydrogen) atoms. The van der Waals surface area contributed by atoms with Gasteiger partial charge in [0.2, 0.25) is 0 Å². The number of hydrogen-bond donors (Lipinski definition) is 2. The van der Waals surface area contributed by atoms with Gasteiger partial charge in [-0.1, -0.05) is 84.9 Å². The molecule has 0 aromatic heterocycles. The zero-order valence-electron chi connectivity index (χ0n) is 19.3. The van der Waals surface area contributed by atoms with Gasteiger partial charge < -0.3 is 10.2 Å². The average molecular weight is 471 g/mol. The number of aromatic carboxylic acids is 2. The highest BCUT2D eigenvalue weighted by molar-refractivity contribution is 5.96. The minimum absolute atomic E-state index is 0.235. The van der Waals surface area contributed by atoms with E-state index in [0.717, 1.165) is 44.5 Å². The molecule has 0 unspecified atom stereocenters. The molecule has 0 aliphatic heterocycles. The molecule has 0 atom stereocenters. The van der Waals surface area contributed by atoms with E-state index in [4.69, 9.17) is 0 Å². The van der Waals surface area contributed by atoms with E-state index in [-0.39, 0.29) is 11.1 Å². The Balaban J connectivity index is 1.79. The Hall–Kier alpha value is -4.96. The molecule has 0 bridgehead atoms. The summed E-state index contributed by atoms with van der Waals surface area (Å²) >= 11 is 0. The fourth-order valence-corrected chi connectivity index (χ4v) is 4.38. The van der Waals surface area contributed by atoms with Gasteiger partial charge in [-0.25, -0.2) is 9.59 Å². The molecule has 5 rings (SSSR count). The smallest absolute Gasteiger partial charge is 0.335 e. The predicted molar refractivity (Wildman–Crippen MR) is 142 cm³/mol. The maximum Gasteiger partial charge on any atom is 0.335 e. The third kappa shape index (κ3) is 4.52. The Kier molecular flexibility index (Phi) is 6.16. The Bertz CT molecular complexity index is 1420. The molecule has 5 aromatic rings. The highest BCUT2D eigenvalue weighted by atomic mass is 16.4. The lowest BCUT2D eigenvalue weighted by Crippen LogP contribution is -1.97.